The van der Waals surface area contributed by atoms with Crippen LogP contribution >= 0.6 is 0 Å². The number of benzene rings is 1. The standard InChI is InChI=1S/C16H19N3O5/c1-18(16-12(19(20)21)6-5-9-17-16)10-11-7-8-13(22-2)15(24-4)14(11)23-3/h5-9H,10H2,1-4H3. The number of nitrogens with zero attached hydrogens (tertiary/aromatic N) is 3. The van der Waals surface area contributed by atoms with Crippen molar-refractivity contribution in [3.63, 3.8) is 0 Å². The molecule has 2 rings (SSSR count). The van der Waals surface area contributed by atoms with Crippen LogP contribution in [0.25, 0.3) is 0 Å². The molecule has 0 atom stereocenters. The Bertz CT molecular complexity index is 736. The van der Waals surface area contributed by atoms with Gasteiger partial charge in [0.25, 0.3) is 0 Å². The average Bonchev–Trinajstić information content (AvgIpc) is 2.60. The lowest BCUT2D eigenvalue weighted by Crippen LogP contribution is -2.19. The van der Waals surface area contributed by atoms with Crippen molar-refractivity contribution in [2.45, 2.75) is 6.54 Å². The van der Waals surface area contributed by atoms with E-state index in [1.807, 2.05) is 6.07 Å². The Morgan fingerprint density at radius 2 is 1.83 bits per heavy atom. The predicted molar refractivity (Wildman–Crippen MR) is 89.1 cm³/mol. The number of hydrogen-bond donors (Lipinski definition) is 0. The van der Waals surface area contributed by atoms with Crippen LogP contribution in [0.15, 0.2) is 30.5 Å². The lowest BCUT2D eigenvalue weighted by atomic mass is 10.1. The second-order valence-electron chi connectivity index (χ2n) is 4.95. The summed E-state index contributed by atoms with van der Waals surface area (Å²) in [5.74, 6) is 1.81. The van der Waals surface area contributed by atoms with Crippen LogP contribution in [0.3, 0.4) is 0 Å². The maximum absolute atomic E-state index is 11.2. The highest BCUT2D eigenvalue weighted by Crippen LogP contribution is 2.40. The zero-order chi connectivity index (χ0) is 17.7. The molecule has 0 aliphatic carbocycles. The summed E-state index contributed by atoms with van der Waals surface area (Å²) >= 11 is 0. The van der Waals surface area contributed by atoms with E-state index < -0.39 is 4.92 Å². The Hall–Kier alpha value is -3.03. The molecule has 0 radical (unpaired) electrons. The van der Waals surface area contributed by atoms with Gasteiger partial charge in [-0.15, -0.1) is 0 Å². The third-order valence-corrected chi connectivity index (χ3v) is 3.52. The van der Waals surface area contributed by atoms with E-state index in [9.17, 15) is 10.1 Å². The normalized spacial score (nSPS) is 10.2. The molecule has 0 unspecified atom stereocenters. The smallest absolute Gasteiger partial charge is 0.311 e. The Morgan fingerprint density at radius 1 is 1.12 bits per heavy atom. The maximum atomic E-state index is 11.2. The fourth-order valence-electron chi connectivity index (χ4n) is 2.44. The molecular formula is C16H19N3O5. The number of aromatic nitrogens is 1. The average molecular weight is 333 g/mol. The van der Waals surface area contributed by atoms with E-state index >= 15 is 0 Å². The minimum absolute atomic E-state index is 0.0561. The van der Waals surface area contributed by atoms with Crippen molar-refractivity contribution in [2.75, 3.05) is 33.3 Å². The monoisotopic (exact) mass is 333 g/mol. The topological polar surface area (TPSA) is 87.0 Å². The molecule has 24 heavy (non-hydrogen) atoms. The molecule has 1 heterocycles. The van der Waals surface area contributed by atoms with Crippen molar-refractivity contribution in [1.29, 1.82) is 0 Å². The summed E-state index contributed by atoms with van der Waals surface area (Å²) in [5.41, 5.74) is 0.733. The summed E-state index contributed by atoms with van der Waals surface area (Å²) in [7, 11) is 6.33. The Labute approximate surface area is 139 Å². The summed E-state index contributed by atoms with van der Waals surface area (Å²) in [5, 5.41) is 11.2. The van der Waals surface area contributed by atoms with Crippen LogP contribution in [-0.2, 0) is 6.54 Å². The summed E-state index contributed by atoms with van der Waals surface area (Å²) in [4.78, 5) is 16.5. The van der Waals surface area contributed by atoms with Crippen LogP contribution in [0.1, 0.15) is 5.56 Å². The van der Waals surface area contributed by atoms with E-state index in [1.165, 1.54) is 32.5 Å². The molecule has 0 aliphatic heterocycles. The van der Waals surface area contributed by atoms with E-state index in [-0.39, 0.29) is 11.5 Å². The first kappa shape index (κ1) is 17.3. The van der Waals surface area contributed by atoms with E-state index in [0.29, 0.717) is 23.8 Å². The SMILES string of the molecule is COc1ccc(CN(C)c2ncccc2[N+](=O)[O-])c(OC)c1OC. The summed E-state index contributed by atoms with van der Waals surface area (Å²) in [6.07, 6.45) is 1.52. The number of rotatable bonds is 7. The molecule has 8 nitrogen and oxygen atoms in total. The van der Waals surface area contributed by atoms with Crippen molar-refractivity contribution in [1.82, 2.24) is 4.98 Å². The number of pyridine rings is 1. The van der Waals surface area contributed by atoms with Crippen molar-refractivity contribution < 1.29 is 19.1 Å². The molecule has 0 aliphatic rings. The predicted octanol–water partition coefficient (Wildman–Crippen LogP) is 2.65. The van der Waals surface area contributed by atoms with Gasteiger partial charge in [-0.1, -0.05) is 0 Å². The Morgan fingerprint density at radius 3 is 2.42 bits per heavy atom. The van der Waals surface area contributed by atoms with Gasteiger partial charge in [0.15, 0.2) is 11.5 Å². The summed E-state index contributed by atoms with van der Waals surface area (Å²) in [6, 6.07) is 6.54. The minimum Gasteiger partial charge on any atom is -0.493 e. The number of ether oxygens (including phenoxy) is 3. The van der Waals surface area contributed by atoms with Gasteiger partial charge in [-0.2, -0.15) is 0 Å². The zero-order valence-electron chi connectivity index (χ0n) is 14.0. The fourth-order valence-corrected chi connectivity index (χ4v) is 2.44. The van der Waals surface area contributed by atoms with Crippen molar-refractivity contribution in [3.05, 3.63) is 46.1 Å². The van der Waals surface area contributed by atoms with E-state index in [0.717, 1.165) is 5.56 Å². The van der Waals surface area contributed by atoms with Gasteiger partial charge < -0.3 is 19.1 Å². The van der Waals surface area contributed by atoms with Crippen molar-refractivity contribution in [2.24, 2.45) is 0 Å². The molecule has 2 aromatic rings. The van der Waals surface area contributed by atoms with E-state index in [1.54, 1.807) is 25.1 Å². The van der Waals surface area contributed by atoms with Gasteiger partial charge in [-0.05, 0) is 18.2 Å². The summed E-state index contributed by atoms with van der Waals surface area (Å²) in [6.45, 7) is 0.349. The minimum atomic E-state index is -0.454. The molecule has 128 valence electrons. The van der Waals surface area contributed by atoms with Crippen LogP contribution in [-0.4, -0.2) is 38.3 Å². The number of methoxy groups -OCH3 is 3. The van der Waals surface area contributed by atoms with Gasteiger partial charge in [0.1, 0.15) is 0 Å². The van der Waals surface area contributed by atoms with Gasteiger partial charge in [-0.25, -0.2) is 4.98 Å². The van der Waals surface area contributed by atoms with Crippen molar-refractivity contribution >= 4 is 11.5 Å². The molecule has 8 heteroatoms. The van der Waals surface area contributed by atoms with Crippen molar-refractivity contribution in [3.8, 4) is 17.2 Å². The number of hydrogen-bond acceptors (Lipinski definition) is 7. The summed E-state index contributed by atoms with van der Waals surface area (Å²) < 4.78 is 16.0. The second-order valence-corrected chi connectivity index (χ2v) is 4.95. The first-order valence-electron chi connectivity index (χ1n) is 7.11. The quantitative estimate of drug-likeness (QED) is 0.568. The van der Waals surface area contributed by atoms with Crippen LogP contribution in [0.4, 0.5) is 11.5 Å². The van der Waals surface area contributed by atoms with E-state index in [4.69, 9.17) is 14.2 Å². The second kappa shape index (κ2) is 7.49. The molecule has 0 saturated heterocycles. The third kappa shape index (κ3) is 3.32. The lowest BCUT2D eigenvalue weighted by Gasteiger charge is -2.21. The Kier molecular flexibility index (Phi) is 5.41. The molecule has 0 amide bonds. The lowest BCUT2D eigenvalue weighted by molar-refractivity contribution is -0.384. The van der Waals surface area contributed by atoms with Gasteiger partial charge in [-0.3, -0.25) is 10.1 Å². The largest absolute Gasteiger partial charge is 0.493 e. The van der Waals surface area contributed by atoms with Crippen LogP contribution in [0.2, 0.25) is 0 Å². The highest BCUT2D eigenvalue weighted by molar-refractivity contribution is 5.60. The van der Waals surface area contributed by atoms with Gasteiger partial charge >= 0.3 is 5.69 Å². The molecule has 0 saturated carbocycles. The number of anilines is 1. The zero-order valence-corrected chi connectivity index (χ0v) is 14.0. The first-order valence-corrected chi connectivity index (χ1v) is 7.11. The van der Waals surface area contributed by atoms with Gasteiger partial charge in [0, 0.05) is 31.4 Å². The number of nitro groups is 1. The molecule has 0 spiro atoms. The van der Waals surface area contributed by atoms with Crippen LogP contribution < -0.4 is 19.1 Å². The first-order chi connectivity index (χ1) is 11.5. The molecule has 0 bridgehead atoms. The highest BCUT2D eigenvalue weighted by atomic mass is 16.6. The molecule has 1 aromatic heterocycles. The maximum Gasteiger partial charge on any atom is 0.311 e. The molecular weight excluding hydrogens is 314 g/mol. The molecule has 0 N–H and O–H groups in total. The van der Waals surface area contributed by atoms with Crippen LogP contribution in [0.5, 0.6) is 17.2 Å². The molecule has 0 fully saturated rings. The van der Waals surface area contributed by atoms with Gasteiger partial charge in [0.2, 0.25) is 11.6 Å². The molecule has 1 aromatic carbocycles. The van der Waals surface area contributed by atoms with Crippen LogP contribution in [0, 0.1) is 10.1 Å². The fraction of sp³-hybridized carbons (Fsp3) is 0.312. The third-order valence-electron chi connectivity index (χ3n) is 3.52. The Balaban J connectivity index is 2.39. The van der Waals surface area contributed by atoms with E-state index in [2.05, 4.69) is 4.98 Å². The highest BCUT2D eigenvalue weighted by Gasteiger charge is 2.21. The van der Waals surface area contributed by atoms with Gasteiger partial charge in [0.05, 0.1) is 26.3 Å².